The molecule has 1 heterocycles. The van der Waals surface area contributed by atoms with E-state index in [0.29, 0.717) is 33.3 Å². The molecule has 0 aliphatic carbocycles. The zero-order valence-corrected chi connectivity index (χ0v) is 19.1. The van der Waals surface area contributed by atoms with Crippen LogP contribution in [0.25, 0.3) is 5.57 Å². The molecule has 0 spiro atoms. The van der Waals surface area contributed by atoms with Gasteiger partial charge in [0.2, 0.25) is 0 Å². The van der Waals surface area contributed by atoms with Crippen LogP contribution in [0.3, 0.4) is 0 Å². The van der Waals surface area contributed by atoms with E-state index in [2.05, 4.69) is 5.32 Å². The Morgan fingerprint density at radius 1 is 0.844 bits per heavy atom. The molecule has 0 aromatic heterocycles. The fraction of sp³-hybridized carbons (Fsp3) is 0.154. The van der Waals surface area contributed by atoms with Gasteiger partial charge in [-0.25, -0.2) is 4.90 Å². The smallest absolute Gasteiger partial charge is 0.282 e. The third-order valence-corrected chi connectivity index (χ3v) is 5.69. The van der Waals surface area contributed by atoms with Gasteiger partial charge in [0.1, 0.15) is 11.4 Å². The van der Waals surface area contributed by atoms with E-state index in [1.54, 1.807) is 24.3 Å². The number of methoxy groups -OCH3 is 1. The van der Waals surface area contributed by atoms with Crippen LogP contribution >= 0.6 is 11.6 Å². The maximum atomic E-state index is 13.7. The molecule has 0 fully saturated rings. The number of carbonyl (C=O) groups is 2. The van der Waals surface area contributed by atoms with E-state index in [0.717, 1.165) is 16.7 Å². The molecule has 1 N–H and O–H groups in total. The van der Waals surface area contributed by atoms with Crippen LogP contribution < -0.4 is 15.0 Å². The summed E-state index contributed by atoms with van der Waals surface area (Å²) in [6.07, 6.45) is 0. The number of nitrogens with zero attached hydrogens (tertiary/aromatic N) is 1. The summed E-state index contributed by atoms with van der Waals surface area (Å²) >= 11 is 6.18. The lowest BCUT2D eigenvalue weighted by Crippen LogP contribution is -2.32. The van der Waals surface area contributed by atoms with Crippen LogP contribution in [0, 0.1) is 20.8 Å². The number of rotatable bonds is 5. The Hall–Kier alpha value is -3.57. The third kappa shape index (κ3) is 3.87. The highest BCUT2D eigenvalue weighted by molar-refractivity contribution is 6.46. The first-order valence-corrected chi connectivity index (χ1v) is 10.6. The summed E-state index contributed by atoms with van der Waals surface area (Å²) in [4.78, 5) is 28.5. The molecular weight excluding hydrogens is 424 g/mol. The average molecular weight is 447 g/mol. The van der Waals surface area contributed by atoms with Gasteiger partial charge in [0, 0.05) is 10.7 Å². The molecule has 0 bridgehead atoms. The molecule has 0 radical (unpaired) electrons. The lowest BCUT2D eigenvalue weighted by molar-refractivity contribution is -0.120. The standard InChI is InChI=1S/C26H23ClN2O3/c1-15-5-9-18(10-6-15)23-24(28-20-14-19(27)11-8-17(20)3)26(31)29(25(23)30)21-13-16(2)7-12-22(21)32-4/h5-14,28H,1-4H3. The van der Waals surface area contributed by atoms with Crippen LogP contribution in [0.15, 0.2) is 66.4 Å². The fourth-order valence-electron chi connectivity index (χ4n) is 3.69. The Balaban J connectivity index is 1.88. The summed E-state index contributed by atoms with van der Waals surface area (Å²) in [6, 6.07) is 18.3. The van der Waals surface area contributed by atoms with Crippen LogP contribution in [0.4, 0.5) is 11.4 Å². The van der Waals surface area contributed by atoms with Gasteiger partial charge in [-0.1, -0.05) is 53.6 Å². The second-order valence-electron chi connectivity index (χ2n) is 7.82. The molecule has 0 saturated heterocycles. The molecule has 3 aromatic rings. The van der Waals surface area contributed by atoms with Gasteiger partial charge in [-0.2, -0.15) is 0 Å². The topological polar surface area (TPSA) is 58.6 Å². The summed E-state index contributed by atoms with van der Waals surface area (Å²) < 4.78 is 5.45. The summed E-state index contributed by atoms with van der Waals surface area (Å²) in [5, 5.41) is 3.72. The van der Waals surface area contributed by atoms with Gasteiger partial charge in [0.15, 0.2) is 0 Å². The molecule has 0 unspecified atom stereocenters. The number of aryl methyl sites for hydroxylation is 3. The first-order chi connectivity index (χ1) is 15.3. The van der Waals surface area contributed by atoms with E-state index in [9.17, 15) is 9.59 Å². The van der Waals surface area contributed by atoms with Gasteiger partial charge in [0.05, 0.1) is 18.4 Å². The normalized spacial score (nSPS) is 13.7. The minimum absolute atomic E-state index is 0.202. The van der Waals surface area contributed by atoms with Crippen molar-refractivity contribution >= 4 is 40.4 Å². The highest BCUT2D eigenvalue weighted by Crippen LogP contribution is 2.38. The molecule has 32 heavy (non-hydrogen) atoms. The molecule has 0 atom stereocenters. The Labute approximate surface area is 192 Å². The van der Waals surface area contributed by atoms with Crippen molar-refractivity contribution in [3.63, 3.8) is 0 Å². The highest BCUT2D eigenvalue weighted by Gasteiger charge is 2.41. The lowest BCUT2D eigenvalue weighted by atomic mass is 10.0. The Morgan fingerprint density at radius 3 is 2.22 bits per heavy atom. The van der Waals surface area contributed by atoms with Crippen LogP contribution in [-0.4, -0.2) is 18.9 Å². The largest absolute Gasteiger partial charge is 0.495 e. The second-order valence-corrected chi connectivity index (χ2v) is 8.26. The van der Waals surface area contributed by atoms with E-state index < -0.39 is 11.8 Å². The number of imide groups is 1. The van der Waals surface area contributed by atoms with Crippen molar-refractivity contribution in [3.8, 4) is 5.75 Å². The molecule has 5 nitrogen and oxygen atoms in total. The van der Waals surface area contributed by atoms with Crippen LogP contribution in [-0.2, 0) is 9.59 Å². The van der Waals surface area contributed by atoms with Gasteiger partial charge in [0.25, 0.3) is 11.8 Å². The van der Waals surface area contributed by atoms with Crippen LogP contribution in [0.1, 0.15) is 22.3 Å². The van der Waals surface area contributed by atoms with Crippen molar-refractivity contribution in [1.29, 1.82) is 0 Å². The van der Waals surface area contributed by atoms with Crippen molar-refractivity contribution in [2.75, 3.05) is 17.3 Å². The van der Waals surface area contributed by atoms with Crippen molar-refractivity contribution < 1.29 is 14.3 Å². The minimum atomic E-state index is -0.450. The maximum absolute atomic E-state index is 13.7. The Morgan fingerprint density at radius 2 is 1.53 bits per heavy atom. The molecular formula is C26H23ClN2O3. The highest BCUT2D eigenvalue weighted by atomic mass is 35.5. The van der Waals surface area contributed by atoms with Gasteiger partial charge in [-0.3, -0.25) is 9.59 Å². The lowest BCUT2D eigenvalue weighted by Gasteiger charge is -2.19. The minimum Gasteiger partial charge on any atom is -0.495 e. The molecule has 162 valence electrons. The molecule has 1 aliphatic heterocycles. The van der Waals surface area contributed by atoms with E-state index in [1.807, 2.05) is 57.2 Å². The quantitative estimate of drug-likeness (QED) is 0.513. The summed E-state index contributed by atoms with van der Waals surface area (Å²) in [5.74, 6) is -0.417. The number of anilines is 2. The number of hydrogen-bond donors (Lipinski definition) is 1. The number of carbonyl (C=O) groups excluding carboxylic acids is 2. The van der Waals surface area contributed by atoms with E-state index in [-0.39, 0.29) is 5.70 Å². The fourth-order valence-corrected chi connectivity index (χ4v) is 3.86. The van der Waals surface area contributed by atoms with Crippen LogP contribution in [0.2, 0.25) is 5.02 Å². The average Bonchev–Trinajstić information content (AvgIpc) is 3.00. The predicted molar refractivity (Wildman–Crippen MR) is 128 cm³/mol. The third-order valence-electron chi connectivity index (χ3n) is 5.46. The van der Waals surface area contributed by atoms with E-state index in [1.165, 1.54) is 12.0 Å². The van der Waals surface area contributed by atoms with Crippen LogP contribution in [0.5, 0.6) is 5.75 Å². The van der Waals surface area contributed by atoms with Gasteiger partial charge < -0.3 is 10.1 Å². The summed E-state index contributed by atoms with van der Waals surface area (Å²) in [6.45, 7) is 5.78. The first kappa shape index (κ1) is 21.7. The van der Waals surface area contributed by atoms with E-state index >= 15 is 0 Å². The number of amides is 2. The van der Waals surface area contributed by atoms with Crippen molar-refractivity contribution in [2.45, 2.75) is 20.8 Å². The summed E-state index contributed by atoms with van der Waals surface area (Å²) in [5.41, 5.74) is 5.10. The molecule has 1 aliphatic rings. The SMILES string of the molecule is COc1ccc(C)cc1N1C(=O)C(Nc2cc(Cl)ccc2C)=C(c2ccc(C)cc2)C1=O. The van der Waals surface area contributed by atoms with Crippen molar-refractivity contribution in [2.24, 2.45) is 0 Å². The maximum Gasteiger partial charge on any atom is 0.282 e. The zero-order chi connectivity index (χ0) is 23.0. The molecule has 3 aromatic carbocycles. The number of ether oxygens (including phenoxy) is 1. The van der Waals surface area contributed by atoms with Gasteiger partial charge in [-0.05, 0) is 61.7 Å². The molecule has 6 heteroatoms. The number of nitrogens with one attached hydrogen (secondary N) is 1. The van der Waals surface area contributed by atoms with E-state index in [4.69, 9.17) is 16.3 Å². The Kier molecular flexibility index (Phi) is 5.76. The van der Waals surface area contributed by atoms with Gasteiger partial charge >= 0.3 is 0 Å². The molecule has 2 amide bonds. The number of halogens is 1. The van der Waals surface area contributed by atoms with Crippen molar-refractivity contribution in [3.05, 3.63) is 93.6 Å². The van der Waals surface area contributed by atoms with Crippen molar-refractivity contribution in [1.82, 2.24) is 0 Å². The van der Waals surface area contributed by atoms with Gasteiger partial charge in [-0.15, -0.1) is 0 Å². The second kappa shape index (κ2) is 8.52. The number of benzene rings is 3. The zero-order valence-electron chi connectivity index (χ0n) is 18.3. The Bertz CT molecular complexity index is 1260. The summed E-state index contributed by atoms with van der Waals surface area (Å²) in [7, 11) is 1.52. The number of hydrogen-bond acceptors (Lipinski definition) is 4. The monoisotopic (exact) mass is 446 g/mol. The molecule has 0 saturated carbocycles. The molecule has 4 rings (SSSR count). The predicted octanol–water partition coefficient (Wildman–Crippen LogP) is 5.67. The first-order valence-electron chi connectivity index (χ1n) is 10.2.